The van der Waals surface area contributed by atoms with Crippen molar-refractivity contribution in [3.05, 3.63) is 23.8 Å². The number of carbonyl (C=O) groups is 2. The number of rotatable bonds is 8. The maximum Gasteiger partial charge on any atom is 0.305 e. The maximum atomic E-state index is 12.2. The molecule has 0 aromatic heterocycles. The number of nitrogens with one attached hydrogen (secondary N) is 1. The van der Waals surface area contributed by atoms with E-state index < -0.39 is 11.5 Å². The largest absolute Gasteiger partial charge is 0.495 e. The molecule has 2 N–H and O–H groups in total. The van der Waals surface area contributed by atoms with Crippen LogP contribution in [0.15, 0.2) is 18.2 Å². The van der Waals surface area contributed by atoms with Crippen molar-refractivity contribution in [3.8, 4) is 11.8 Å². The Hall–Kier alpha value is -2.59. The Kier molecular flexibility index (Phi) is 7.21. The highest BCUT2D eigenvalue weighted by atomic mass is 16.5. The van der Waals surface area contributed by atoms with Crippen molar-refractivity contribution in [2.24, 2.45) is 0 Å². The molecule has 24 heavy (non-hydrogen) atoms. The van der Waals surface area contributed by atoms with E-state index in [-0.39, 0.29) is 18.8 Å². The van der Waals surface area contributed by atoms with Crippen LogP contribution in [0.5, 0.6) is 5.75 Å². The molecule has 0 bridgehead atoms. The number of esters is 1. The number of methoxy groups -OCH3 is 1. The van der Waals surface area contributed by atoms with E-state index in [1.165, 1.54) is 26.2 Å². The minimum absolute atomic E-state index is 0.116. The van der Waals surface area contributed by atoms with Crippen LogP contribution >= 0.6 is 0 Å². The van der Waals surface area contributed by atoms with Crippen molar-refractivity contribution >= 4 is 17.6 Å². The Morgan fingerprint density at radius 1 is 1.42 bits per heavy atom. The monoisotopic (exact) mass is 334 g/mol. The highest BCUT2D eigenvalue weighted by Crippen LogP contribution is 2.24. The summed E-state index contributed by atoms with van der Waals surface area (Å²) in [7, 11) is 1.42. The van der Waals surface area contributed by atoms with Crippen LogP contribution in [-0.4, -0.2) is 36.3 Å². The summed E-state index contributed by atoms with van der Waals surface area (Å²) in [5.41, 5.74) is -0.883. The van der Waals surface area contributed by atoms with Gasteiger partial charge in [-0.1, -0.05) is 0 Å². The Morgan fingerprint density at radius 3 is 2.71 bits per heavy atom. The van der Waals surface area contributed by atoms with Crippen molar-refractivity contribution in [3.63, 3.8) is 0 Å². The summed E-state index contributed by atoms with van der Waals surface area (Å²) in [5.74, 6) is -0.624. The van der Waals surface area contributed by atoms with Gasteiger partial charge in [-0.15, -0.1) is 0 Å². The Bertz CT molecular complexity index is 634. The molecule has 1 aromatic rings. The molecule has 130 valence electrons. The second-order valence-corrected chi connectivity index (χ2v) is 5.41. The molecule has 1 amide bonds. The van der Waals surface area contributed by atoms with Gasteiger partial charge in [0, 0.05) is 18.2 Å². The lowest BCUT2D eigenvalue weighted by Gasteiger charge is -2.22. The molecule has 1 rings (SSSR count). The highest BCUT2D eigenvalue weighted by molar-refractivity contribution is 5.97. The average molecular weight is 334 g/mol. The fourth-order valence-electron chi connectivity index (χ4n) is 2.05. The molecule has 0 saturated carbocycles. The molecule has 0 aliphatic carbocycles. The second kappa shape index (κ2) is 8.89. The third-order valence-electron chi connectivity index (χ3n) is 3.42. The fraction of sp³-hybridized carbons (Fsp3) is 0.471. The predicted molar refractivity (Wildman–Crippen MR) is 87.4 cm³/mol. The van der Waals surface area contributed by atoms with Crippen LogP contribution in [0.25, 0.3) is 0 Å². The summed E-state index contributed by atoms with van der Waals surface area (Å²) in [6.45, 7) is 3.40. The zero-order chi connectivity index (χ0) is 18.2. The zero-order valence-electron chi connectivity index (χ0n) is 14.1. The number of hydrogen-bond donors (Lipinski definition) is 2. The zero-order valence-corrected chi connectivity index (χ0v) is 14.1. The first-order valence-electron chi connectivity index (χ1n) is 7.61. The number of benzene rings is 1. The molecular weight excluding hydrogens is 312 g/mol. The normalized spacial score (nSPS) is 12.6. The van der Waals surface area contributed by atoms with Crippen LogP contribution in [0.3, 0.4) is 0 Å². The summed E-state index contributed by atoms with van der Waals surface area (Å²) in [4.78, 5) is 23.5. The van der Waals surface area contributed by atoms with Gasteiger partial charge in [0.05, 0.1) is 19.3 Å². The van der Waals surface area contributed by atoms with Crippen molar-refractivity contribution in [2.45, 2.75) is 38.7 Å². The summed E-state index contributed by atoms with van der Waals surface area (Å²) < 4.78 is 9.87. The molecule has 0 radical (unpaired) electrons. The number of nitrogens with zero attached hydrogens (tertiary/aromatic N) is 1. The van der Waals surface area contributed by atoms with E-state index in [1.54, 1.807) is 13.0 Å². The maximum absolute atomic E-state index is 12.2. The summed E-state index contributed by atoms with van der Waals surface area (Å²) in [5, 5.41) is 21.8. The van der Waals surface area contributed by atoms with E-state index in [0.29, 0.717) is 30.0 Å². The first kappa shape index (κ1) is 19.5. The fourth-order valence-corrected chi connectivity index (χ4v) is 2.05. The second-order valence-electron chi connectivity index (χ2n) is 5.41. The van der Waals surface area contributed by atoms with Gasteiger partial charge >= 0.3 is 5.97 Å². The van der Waals surface area contributed by atoms with Crippen LogP contribution in [0.1, 0.15) is 38.7 Å². The number of ether oxygens (including phenoxy) is 2. The molecule has 0 saturated heterocycles. The highest BCUT2D eigenvalue weighted by Gasteiger charge is 2.30. The van der Waals surface area contributed by atoms with Crippen molar-refractivity contribution in [1.29, 1.82) is 5.26 Å². The van der Waals surface area contributed by atoms with Crippen LogP contribution in [0.4, 0.5) is 5.69 Å². The van der Waals surface area contributed by atoms with E-state index in [1.807, 2.05) is 6.07 Å². The van der Waals surface area contributed by atoms with E-state index in [2.05, 4.69) is 5.32 Å². The molecule has 0 aliphatic heterocycles. The third kappa shape index (κ3) is 5.56. The minimum Gasteiger partial charge on any atom is -0.495 e. The topological polar surface area (TPSA) is 109 Å². The molecule has 1 aromatic carbocycles. The number of anilines is 1. The number of carbonyl (C=O) groups excluding carboxylic acids is 2. The smallest absolute Gasteiger partial charge is 0.305 e. The molecule has 7 nitrogen and oxygen atoms in total. The van der Waals surface area contributed by atoms with Crippen molar-refractivity contribution in [1.82, 2.24) is 0 Å². The molecule has 1 unspecified atom stereocenters. The summed E-state index contributed by atoms with van der Waals surface area (Å²) in [6.07, 6.45) is 0.586. The molecule has 1 atom stereocenters. The molecule has 0 aliphatic rings. The molecule has 7 heteroatoms. The quantitative estimate of drug-likeness (QED) is 0.704. The van der Waals surface area contributed by atoms with Gasteiger partial charge in [-0.05, 0) is 38.8 Å². The van der Waals surface area contributed by atoms with Crippen LogP contribution in [0.2, 0.25) is 0 Å². The third-order valence-corrected chi connectivity index (χ3v) is 3.42. The first-order valence-corrected chi connectivity index (χ1v) is 7.61. The number of amides is 1. The van der Waals surface area contributed by atoms with Gasteiger partial charge < -0.3 is 19.9 Å². The van der Waals surface area contributed by atoms with Crippen LogP contribution in [-0.2, 0) is 14.3 Å². The van der Waals surface area contributed by atoms with Gasteiger partial charge in [0.1, 0.15) is 17.4 Å². The van der Waals surface area contributed by atoms with E-state index >= 15 is 0 Å². The van der Waals surface area contributed by atoms with Gasteiger partial charge in [-0.25, -0.2) is 0 Å². The lowest BCUT2D eigenvalue weighted by molar-refractivity contribution is -0.144. The van der Waals surface area contributed by atoms with Crippen LogP contribution in [0, 0.1) is 11.3 Å². The van der Waals surface area contributed by atoms with Crippen molar-refractivity contribution < 1.29 is 24.2 Å². The van der Waals surface area contributed by atoms with Gasteiger partial charge in [0.2, 0.25) is 0 Å². The Morgan fingerprint density at radius 2 is 2.12 bits per heavy atom. The molecule has 0 spiro atoms. The Labute approximate surface area is 141 Å². The van der Waals surface area contributed by atoms with Gasteiger partial charge in [0.15, 0.2) is 0 Å². The van der Waals surface area contributed by atoms with E-state index in [4.69, 9.17) is 14.7 Å². The number of aliphatic hydroxyl groups is 1. The average Bonchev–Trinajstić information content (AvgIpc) is 2.54. The van der Waals surface area contributed by atoms with Crippen molar-refractivity contribution in [2.75, 3.05) is 19.0 Å². The SMILES string of the molecule is CCOC(=O)CCCC(C)(O)C(=O)Nc1ccc(C#N)c(OC)c1. The predicted octanol–water partition coefficient (Wildman–Crippen LogP) is 1.99. The molecular formula is C17H22N2O5. The Balaban J connectivity index is 2.65. The number of hydrogen-bond acceptors (Lipinski definition) is 6. The lowest BCUT2D eigenvalue weighted by atomic mass is 9.97. The molecule has 0 heterocycles. The minimum atomic E-state index is -1.63. The summed E-state index contributed by atoms with van der Waals surface area (Å²) >= 11 is 0. The van der Waals surface area contributed by atoms with Gasteiger partial charge in [0.25, 0.3) is 5.91 Å². The van der Waals surface area contributed by atoms with Crippen LogP contribution < -0.4 is 10.1 Å². The van der Waals surface area contributed by atoms with E-state index in [0.717, 1.165) is 0 Å². The standard InChI is InChI=1S/C17H22N2O5/c1-4-24-15(20)6-5-9-17(2,22)16(21)19-13-8-7-12(11-18)14(10-13)23-3/h7-8,10,22H,4-6,9H2,1-3H3,(H,19,21). The lowest BCUT2D eigenvalue weighted by Crippen LogP contribution is -2.40. The molecule has 0 fully saturated rings. The van der Waals surface area contributed by atoms with E-state index in [9.17, 15) is 14.7 Å². The summed E-state index contributed by atoms with van der Waals surface area (Å²) in [6, 6.07) is 6.55. The number of nitriles is 1. The first-order chi connectivity index (χ1) is 11.3. The van der Waals surface area contributed by atoms with Gasteiger partial charge in [-0.2, -0.15) is 5.26 Å². The van der Waals surface area contributed by atoms with Gasteiger partial charge in [-0.3, -0.25) is 9.59 Å².